The fourth-order valence-electron chi connectivity index (χ4n) is 2.59. The van der Waals surface area contributed by atoms with Gasteiger partial charge < -0.3 is 11.1 Å². The summed E-state index contributed by atoms with van der Waals surface area (Å²) in [5.41, 5.74) is 7.41. The summed E-state index contributed by atoms with van der Waals surface area (Å²) in [5.74, 6) is 0.982. The molecule has 2 aromatic rings. The van der Waals surface area contributed by atoms with Gasteiger partial charge in [-0.05, 0) is 50.6 Å². The van der Waals surface area contributed by atoms with Gasteiger partial charge in [-0.3, -0.25) is 0 Å². The second kappa shape index (κ2) is 4.72. The normalized spacial score (nSPS) is 16.8. The number of aryl methyl sites for hydroxylation is 2. The Morgan fingerprint density at radius 2 is 2.16 bits per heavy atom. The van der Waals surface area contributed by atoms with E-state index in [2.05, 4.69) is 29.1 Å². The lowest BCUT2D eigenvalue weighted by Crippen LogP contribution is -2.19. The van der Waals surface area contributed by atoms with E-state index in [9.17, 15) is 0 Å². The first-order valence-electron chi connectivity index (χ1n) is 6.80. The van der Waals surface area contributed by atoms with E-state index in [0.29, 0.717) is 5.41 Å². The van der Waals surface area contributed by atoms with Crippen LogP contribution in [0, 0.1) is 19.3 Å². The molecule has 4 nitrogen and oxygen atoms in total. The molecule has 19 heavy (non-hydrogen) atoms. The fourth-order valence-corrected chi connectivity index (χ4v) is 3.58. The molecule has 0 atom stereocenters. The van der Waals surface area contributed by atoms with E-state index in [4.69, 9.17) is 5.73 Å². The molecule has 0 radical (unpaired) electrons. The molecule has 5 heteroatoms. The second-order valence-electron chi connectivity index (χ2n) is 5.58. The summed E-state index contributed by atoms with van der Waals surface area (Å²) in [5, 5.41) is 4.72. The Balaban J connectivity index is 1.85. The minimum absolute atomic E-state index is 0.422. The van der Waals surface area contributed by atoms with Crippen LogP contribution >= 0.6 is 11.3 Å². The zero-order valence-corrected chi connectivity index (χ0v) is 12.3. The summed E-state index contributed by atoms with van der Waals surface area (Å²) in [4.78, 5) is 11.2. The highest BCUT2D eigenvalue weighted by atomic mass is 32.1. The monoisotopic (exact) mass is 276 g/mol. The van der Waals surface area contributed by atoms with Gasteiger partial charge >= 0.3 is 0 Å². The molecule has 1 aliphatic rings. The quantitative estimate of drug-likeness (QED) is 0.881. The molecule has 0 unspecified atom stereocenters. The molecule has 0 aromatic carbocycles. The van der Waals surface area contributed by atoms with Crippen molar-refractivity contribution in [3.05, 3.63) is 16.8 Å². The van der Waals surface area contributed by atoms with Crippen LogP contribution in [0.25, 0.3) is 10.2 Å². The van der Waals surface area contributed by atoms with E-state index in [1.165, 1.54) is 28.7 Å². The van der Waals surface area contributed by atoms with Gasteiger partial charge in [-0.25, -0.2) is 9.97 Å². The van der Waals surface area contributed by atoms with Crippen molar-refractivity contribution in [2.24, 2.45) is 11.1 Å². The Bertz CT molecular complexity index is 601. The number of nitrogens with one attached hydrogen (secondary N) is 1. The molecule has 0 spiro atoms. The number of fused-ring (bicyclic) bond motifs is 1. The van der Waals surface area contributed by atoms with E-state index < -0.39 is 0 Å². The minimum atomic E-state index is 0.422. The van der Waals surface area contributed by atoms with Crippen LogP contribution in [0.4, 0.5) is 5.82 Å². The summed E-state index contributed by atoms with van der Waals surface area (Å²) >= 11 is 1.74. The van der Waals surface area contributed by atoms with Crippen molar-refractivity contribution in [1.29, 1.82) is 0 Å². The van der Waals surface area contributed by atoms with E-state index in [1.54, 1.807) is 17.7 Å². The first-order valence-corrected chi connectivity index (χ1v) is 7.61. The Hall–Kier alpha value is -1.20. The van der Waals surface area contributed by atoms with Crippen LogP contribution in [0.1, 0.15) is 29.7 Å². The predicted octanol–water partition coefficient (Wildman–Crippen LogP) is 2.85. The van der Waals surface area contributed by atoms with Crippen molar-refractivity contribution in [2.75, 3.05) is 18.4 Å². The molecule has 1 fully saturated rings. The predicted molar refractivity (Wildman–Crippen MR) is 80.7 cm³/mol. The van der Waals surface area contributed by atoms with Crippen LogP contribution in [0.3, 0.4) is 0 Å². The summed E-state index contributed by atoms with van der Waals surface area (Å²) in [6.45, 7) is 6.04. The largest absolute Gasteiger partial charge is 0.369 e. The number of anilines is 1. The summed E-state index contributed by atoms with van der Waals surface area (Å²) in [6.07, 6.45) is 5.33. The van der Waals surface area contributed by atoms with E-state index >= 15 is 0 Å². The number of aromatic nitrogens is 2. The molecule has 0 amide bonds. The molecule has 3 N–H and O–H groups in total. The molecule has 3 rings (SSSR count). The third-order valence-electron chi connectivity index (χ3n) is 4.23. The second-order valence-corrected chi connectivity index (χ2v) is 6.78. The third-order valence-corrected chi connectivity index (χ3v) is 5.34. The van der Waals surface area contributed by atoms with Crippen molar-refractivity contribution in [3.8, 4) is 0 Å². The molecule has 0 saturated heterocycles. The van der Waals surface area contributed by atoms with Crippen molar-refractivity contribution in [3.63, 3.8) is 0 Å². The molecule has 2 aromatic heterocycles. The maximum Gasteiger partial charge on any atom is 0.138 e. The Morgan fingerprint density at radius 3 is 2.84 bits per heavy atom. The molecule has 0 bridgehead atoms. The number of thiophene rings is 1. The summed E-state index contributed by atoms with van der Waals surface area (Å²) in [7, 11) is 0. The van der Waals surface area contributed by atoms with Crippen LogP contribution in [0.15, 0.2) is 6.33 Å². The van der Waals surface area contributed by atoms with Gasteiger partial charge in [-0.15, -0.1) is 11.3 Å². The van der Waals surface area contributed by atoms with Gasteiger partial charge in [0.05, 0.1) is 5.39 Å². The average Bonchev–Trinajstić information content (AvgIpc) is 3.10. The number of hydrogen-bond acceptors (Lipinski definition) is 5. The Labute approximate surface area is 117 Å². The van der Waals surface area contributed by atoms with Crippen LogP contribution in [0.5, 0.6) is 0 Å². The molecular weight excluding hydrogens is 256 g/mol. The topological polar surface area (TPSA) is 63.8 Å². The Kier molecular flexibility index (Phi) is 3.19. The highest BCUT2D eigenvalue weighted by Crippen LogP contribution is 2.48. The van der Waals surface area contributed by atoms with Crippen LogP contribution < -0.4 is 11.1 Å². The molecule has 2 heterocycles. The summed E-state index contributed by atoms with van der Waals surface area (Å²) in [6, 6.07) is 0. The maximum absolute atomic E-state index is 5.69. The lowest BCUT2D eigenvalue weighted by Gasteiger charge is -2.15. The first-order chi connectivity index (χ1) is 9.15. The number of nitrogens with zero attached hydrogens (tertiary/aromatic N) is 2. The van der Waals surface area contributed by atoms with Gasteiger partial charge in [0, 0.05) is 11.4 Å². The number of hydrogen-bond donors (Lipinski definition) is 2. The zero-order chi connectivity index (χ0) is 13.5. The SMILES string of the molecule is Cc1sc2ncnc(NCC3(CCN)CC3)c2c1C. The maximum atomic E-state index is 5.69. The molecule has 1 saturated carbocycles. The van der Waals surface area contributed by atoms with E-state index in [0.717, 1.165) is 30.2 Å². The van der Waals surface area contributed by atoms with E-state index in [1.807, 2.05) is 0 Å². The van der Waals surface area contributed by atoms with Gasteiger partial charge in [-0.2, -0.15) is 0 Å². The van der Waals surface area contributed by atoms with Gasteiger partial charge in [0.2, 0.25) is 0 Å². The van der Waals surface area contributed by atoms with Crippen molar-refractivity contribution in [2.45, 2.75) is 33.1 Å². The van der Waals surface area contributed by atoms with Crippen molar-refractivity contribution < 1.29 is 0 Å². The Morgan fingerprint density at radius 1 is 1.37 bits per heavy atom. The number of rotatable bonds is 5. The average molecular weight is 276 g/mol. The first kappa shape index (κ1) is 12.8. The van der Waals surface area contributed by atoms with E-state index in [-0.39, 0.29) is 0 Å². The molecule has 102 valence electrons. The van der Waals surface area contributed by atoms with Crippen molar-refractivity contribution in [1.82, 2.24) is 9.97 Å². The van der Waals surface area contributed by atoms with Gasteiger partial charge in [-0.1, -0.05) is 0 Å². The standard InChI is InChI=1S/C14H20N4S/c1-9-10(2)19-13-11(9)12(17-8-18-13)16-7-14(3-4-14)5-6-15/h8H,3-7,15H2,1-2H3,(H,16,17,18). The lowest BCUT2D eigenvalue weighted by molar-refractivity contribution is 0.501. The van der Waals surface area contributed by atoms with Crippen LogP contribution in [-0.4, -0.2) is 23.1 Å². The minimum Gasteiger partial charge on any atom is -0.369 e. The molecular formula is C14H20N4S. The smallest absolute Gasteiger partial charge is 0.138 e. The van der Waals surface area contributed by atoms with Crippen LogP contribution in [-0.2, 0) is 0 Å². The van der Waals surface area contributed by atoms with Crippen LogP contribution in [0.2, 0.25) is 0 Å². The lowest BCUT2D eigenvalue weighted by atomic mass is 10.0. The van der Waals surface area contributed by atoms with Gasteiger partial charge in [0.1, 0.15) is 17.0 Å². The van der Waals surface area contributed by atoms with Gasteiger partial charge in [0.15, 0.2) is 0 Å². The molecule has 1 aliphatic carbocycles. The highest BCUT2D eigenvalue weighted by Gasteiger charge is 2.41. The van der Waals surface area contributed by atoms with Gasteiger partial charge in [0.25, 0.3) is 0 Å². The highest BCUT2D eigenvalue weighted by molar-refractivity contribution is 7.18. The van der Waals surface area contributed by atoms with Crippen molar-refractivity contribution >= 4 is 27.4 Å². The zero-order valence-electron chi connectivity index (χ0n) is 11.5. The fraction of sp³-hybridized carbons (Fsp3) is 0.571. The summed E-state index contributed by atoms with van der Waals surface area (Å²) < 4.78 is 0. The number of nitrogens with two attached hydrogens (primary N) is 1. The third kappa shape index (κ3) is 2.32. The molecule has 0 aliphatic heterocycles.